The number of hydrogen-bond donors (Lipinski definition) is 1. The van der Waals surface area contributed by atoms with Gasteiger partial charge in [-0.15, -0.1) is 11.3 Å². The quantitative estimate of drug-likeness (QED) is 0.309. The lowest BCUT2D eigenvalue weighted by molar-refractivity contribution is -0.137. The normalized spacial score (nSPS) is 12.3. The van der Waals surface area contributed by atoms with Gasteiger partial charge in [-0.2, -0.15) is 26.3 Å². The fraction of sp³-hybridized carbons (Fsp3) is 0.118. The van der Waals surface area contributed by atoms with Gasteiger partial charge in [0, 0.05) is 22.2 Å². The highest BCUT2D eigenvalue weighted by Gasteiger charge is 2.35. The molecular weight excluding hydrogens is 465 g/mol. The Morgan fingerprint density at radius 2 is 1.66 bits per heavy atom. The zero-order valence-corrected chi connectivity index (χ0v) is 16.2. The first-order valence-electron chi connectivity index (χ1n) is 7.57. The summed E-state index contributed by atoms with van der Waals surface area (Å²) in [6.45, 7) is 0. The first-order valence-corrected chi connectivity index (χ1v) is 9.65. The number of nitrogens with zero attached hydrogens (tertiary/aromatic N) is 1. The molecule has 0 spiro atoms. The highest BCUT2D eigenvalue weighted by atomic mass is 35.5. The van der Waals surface area contributed by atoms with Gasteiger partial charge in [-0.3, -0.25) is 0 Å². The van der Waals surface area contributed by atoms with Gasteiger partial charge in [0.1, 0.15) is 10.8 Å². The van der Waals surface area contributed by atoms with E-state index in [1.165, 1.54) is 23.6 Å². The smallest absolute Gasteiger partial charge is 0.323 e. The van der Waals surface area contributed by atoms with Gasteiger partial charge in [-0.1, -0.05) is 11.6 Å². The maximum atomic E-state index is 13.3. The summed E-state index contributed by atoms with van der Waals surface area (Å²) in [7, 11) is 0. The number of hydrogen-bond acceptors (Lipinski definition) is 4. The van der Waals surface area contributed by atoms with Gasteiger partial charge >= 0.3 is 11.7 Å². The molecule has 0 unspecified atom stereocenters. The van der Waals surface area contributed by atoms with Crippen LogP contribution in [0, 0.1) is 5.82 Å². The topological polar surface area (TPSA) is 24.9 Å². The van der Waals surface area contributed by atoms with Crippen molar-refractivity contribution in [2.45, 2.75) is 11.7 Å². The van der Waals surface area contributed by atoms with Gasteiger partial charge in [0.25, 0.3) is 0 Å². The molecule has 3 rings (SSSR count). The predicted molar refractivity (Wildman–Crippen MR) is 100 cm³/mol. The van der Waals surface area contributed by atoms with E-state index in [9.17, 15) is 30.7 Å². The lowest BCUT2D eigenvalue weighted by Gasteiger charge is -2.11. The number of anilines is 1. The van der Waals surface area contributed by atoms with Crippen LogP contribution in [0.25, 0.3) is 21.8 Å². The van der Waals surface area contributed by atoms with Crippen LogP contribution in [0.1, 0.15) is 5.56 Å². The lowest BCUT2D eigenvalue weighted by atomic mass is 10.1. The molecule has 29 heavy (non-hydrogen) atoms. The van der Waals surface area contributed by atoms with E-state index in [2.05, 4.69) is 9.71 Å². The molecule has 0 atom stereocenters. The average Bonchev–Trinajstić information content (AvgIpc) is 3.08. The molecule has 1 N–H and O–H groups in total. The van der Waals surface area contributed by atoms with Crippen molar-refractivity contribution in [2.75, 3.05) is 4.72 Å². The van der Waals surface area contributed by atoms with Gasteiger partial charge in [-0.25, -0.2) is 9.37 Å². The summed E-state index contributed by atoms with van der Waals surface area (Å²) in [6.07, 6.45) is -4.77. The third-order valence-electron chi connectivity index (χ3n) is 3.55. The van der Waals surface area contributed by atoms with Crippen LogP contribution in [0.3, 0.4) is 0 Å². The molecule has 1 aromatic heterocycles. The second-order valence-corrected chi connectivity index (χ2v) is 7.71. The van der Waals surface area contributed by atoms with Crippen LogP contribution >= 0.6 is 34.9 Å². The van der Waals surface area contributed by atoms with E-state index in [4.69, 9.17) is 11.6 Å². The highest BCUT2D eigenvalue weighted by molar-refractivity contribution is 8.01. The molecule has 12 heteroatoms. The molecule has 0 saturated carbocycles. The largest absolute Gasteiger partial charge is 0.461 e. The first-order chi connectivity index (χ1) is 13.4. The zero-order chi connectivity index (χ0) is 21.4. The van der Waals surface area contributed by atoms with Crippen molar-refractivity contribution in [3.05, 3.63) is 58.2 Å². The van der Waals surface area contributed by atoms with E-state index in [1.807, 2.05) is 0 Å². The molecule has 2 aromatic carbocycles. The van der Waals surface area contributed by atoms with Crippen LogP contribution in [0.2, 0.25) is 5.02 Å². The maximum Gasteiger partial charge on any atom is 0.461 e. The van der Waals surface area contributed by atoms with Gasteiger partial charge in [0.2, 0.25) is 0 Å². The Labute approximate surface area is 172 Å². The standard InChI is InChI=1S/C17H8ClF7N2S2/c18-13-6-9(27-29-17(23,24)25)2-4-11(13)14-7-28-15(26-14)10-3-1-8(19)5-12(10)16(20,21)22/h1-7,27H. The van der Waals surface area contributed by atoms with E-state index in [0.29, 0.717) is 11.6 Å². The zero-order valence-electron chi connectivity index (χ0n) is 13.8. The SMILES string of the molecule is Fc1ccc(-c2nc(-c3ccc(NSC(F)(F)F)cc3Cl)cs2)c(C(F)(F)F)c1. The second-order valence-electron chi connectivity index (χ2n) is 5.57. The van der Waals surface area contributed by atoms with Crippen molar-refractivity contribution >= 4 is 40.6 Å². The molecule has 0 bridgehead atoms. The monoisotopic (exact) mass is 472 g/mol. The number of thiazole rings is 1. The van der Waals surface area contributed by atoms with Crippen LogP contribution in [0.15, 0.2) is 41.8 Å². The Bertz CT molecular complexity index is 1030. The van der Waals surface area contributed by atoms with Gasteiger partial charge in [0.15, 0.2) is 0 Å². The van der Waals surface area contributed by atoms with Crippen LogP contribution in [-0.2, 0) is 6.18 Å². The van der Waals surface area contributed by atoms with E-state index < -0.39 is 35.0 Å². The summed E-state index contributed by atoms with van der Waals surface area (Å²) < 4.78 is 91.7. The van der Waals surface area contributed by atoms with Crippen molar-refractivity contribution in [1.82, 2.24) is 4.98 Å². The van der Waals surface area contributed by atoms with E-state index in [-0.39, 0.29) is 27.0 Å². The highest BCUT2D eigenvalue weighted by Crippen LogP contribution is 2.41. The van der Waals surface area contributed by atoms with E-state index in [1.54, 1.807) is 0 Å². The Kier molecular flexibility index (Phi) is 6.02. The molecule has 0 fully saturated rings. The van der Waals surface area contributed by atoms with E-state index >= 15 is 0 Å². The first kappa shape index (κ1) is 21.7. The number of halogens is 8. The lowest BCUT2D eigenvalue weighted by Crippen LogP contribution is -2.07. The Morgan fingerprint density at radius 1 is 0.966 bits per heavy atom. The number of rotatable bonds is 4. The minimum atomic E-state index is -4.77. The third kappa shape index (κ3) is 5.34. The van der Waals surface area contributed by atoms with Crippen molar-refractivity contribution in [2.24, 2.45) is 0 Å². The summed E-state index contributed by atoms with van der Waals surface area (Å²) in [5.41, 5.74) is -5.27. The fourth-order valence-corrected chi connectivity index (χ4v) is 3.86. The van der Waals surface area contributed by atoms with Crippen molar-refractivity contribution in [3.8, 4) is 21.8 Å². The van der Waals surface area contributed by atoms with Crippen LogP contribution in [0.4, 0.5) is 36.4 Å². The van der Waals surface area contributed by atoms with Crippen LogP contribution in [0.5, 0.6) is 0 Å². The minimum Gasteiger partial charge on any atom is -0.323 e. The summed E-state index contributed by atoms with van der Waals surface area (Å²) in [5.74, 6) is -1.03. The Morgan fingerprint density at radius 3 is 2.28 bits per heavy atom. The summed E-state index contributed by atoms with van der Waals surface area (Å²) in [4.78, 5) is 4.14. The van der Waals surface area contributed by atoms with E-state index in [0.717, 1.165) is 23.5 Å². The number of aromatic nitrogens is 1. The van der Waals surface area contributed by atoms with Crippen molar-refractivity contribution < 1.29 is 30.7 Å². The van der Waals surface area contributed by atoms with Crippen LogP contribution < -0.4 is 4.72 Å². The van der Waals surface area contributed by atoms with Crippen molar-refractivity contribution in [1.29, 1.82) is 0 Å². The summed E-state index contributed by atoms with van der Waals surface area (Å²) >= 11 is 6.54. The molecular formula is C17H8ClF7N2S2. The summed E-state index contributed by atoms with van der Waals surface area (Å²) in [5, 5.41) is 1.51. The Hall–Kier alpha value is -1.98. The maximum absolute atomic E-state index is 13.3. The summed E-state index contributed by atoms with van der Waals surface area (Å²) in [6, 6.07) is 6.25. The fourth-order valence-electron chi connectivity index (χ4n) is 2.36. The van der Waals surface area contributed by atoms with Gasteiger partial charge < -0.3 is 4.72 Å². The molecule has 0 aliphatic heterocycles. The number of benzene rings is 2. The van der Waals surface area contributed by atoms with Crippen LogP contribution in [-0.4, -0.2) is 10.5 Å². The molecule has 3 aromatic rings. The molecule has 2 nitrogen and oxygen atoms in total. The molecule has 154 valence electrons. The average molecular weight is 473 g/mol. The predicted octanol–water partition coefficient (Wildman–Crippen LogP) is 7.87. The van der Waals surface area contributed by atoms with Gasteiger partial charge in [0.05, 0.1) is 28.2 Å². The number of nitrogens with one attached hydrogen (secondary N) is 1. The molecule has 1 heterocycles. The molecule has 0 radical (unpaired) electrons. The Balaban J connectivity index is 1.92. The van der Waals surface area contributed by atoms with Crippen molar-refractivity contribution in [3.63, 3.8) is 0 Å². The third-order valence-corrected chi connectivity index (χ3v) is 5.31. The molecule has 0 saturated heterocycles. The molecule has 0 amide bonds. The molecule has 0 aliphatic carbocycles. The second kappa shape index (κ2) is 8.04. The number of alkyl halides is 6. The molecule has 0 aliphatic rings. The van der Waals surface area contributed by atoms with Gasteiger partial charge in [-0.05, 0) is 36.4 Å². The minimum absolute atomic E-state index is 0.00165.